The maximum Gasteiger partial charge on any atom is 0.337 e. The van der Waals surface area contributed by atoms with E-state index in [2.05, 4.69) is 10.4 Å². The molecule has 2 aromatic heterocycles. The van der Waals surface area contributed by atoms with Gasteiger partial charge in [-0.1, -0.05) is 6.92 Å². The number of hydrogen-bond donors (Lipinski definition) is 1. The van der Waals surface area contributed by atoms with Crippen LogP contribution in [-0.2, 0) is 6.54 Å². The summed E-state index contributed by atoms with van der Waals surface area (Å²) in [4.78, 5) is 24.8. The molecule has 1 aromatic carbocycles. The molecule has 2 heterocycles. The highest BCUT2D eigenvalue weighted by molar-refractivity contribution is 6.11. The molecular weight excluding hydrogens is 346 g/mol. The normalized spacial score (nSPS) is 11.1. The molecule has 7 heteroatoms. The molecular formula is C20H23N3O4. The molecule has 0 aliphatic rings. The van der Waals surface area contributed by atoms with Gasteiger partial charge in [-0.05, 0) is 39.3 Å². The molecule has 0 atom stereocenters. The standard InChI is InChI=1S/C20H23N3O4/c1-5-8-23-18(9-13(4)22-23)21-20(25)16-11-19(24)27-17-10-14(26-12(2)3)6-7-15(16)17/h6-7,9-12H,5,8H2,1-4H3,(H,21,25). The summed E-state index contributed by atoms with van der Waals surface area (Å²) < 4.78 is 12.6. The minimum absolute atomic E-state index is 0.0113. The average molecular weight is 369 g/mol. The van der Waals surface area contributed by atoms with Gasteiger partial charge >= 0.3 is 5.63 Å². The van der Waals surface area contributed by atoms with Crippen LogP contribution in [-0.4, -0.2) is 21.8 Å². The van der Waals surface area contributed by atoms with Crippen LogP contribution < -0.4 is 15.7 Å². The number of anilines is 1. The predicted octanol–water partition coefficient (Wildman–Crippen LogP) is 3.75. The minimum atomic E-state index is -0.590. The molecule has 3 aromatic rings. The third kappa shape index (κ3) is 4.19. The van der Waals surface area contributed by atoms with Gasteiger partial charge in [0.1, 0.15) is 17.2 Å². The lowest BCUT2D eigenvalue weighted by Gasteiger charge is -2.11. The van der Waals surface area contributed by atoms with E-state index in [0.29, 0.717) is 29.1 Å². The Labute approximate surface area is 156 Å². The van der Waals surface area contributed by atoms with Crippen molar-refractivity contribution in [1.29, 1.82) is 0 Å². The zero-order chi connectivity index (χ0) is 19.6. The van der Waals surface area contributed by atoms with Gasteiger partial charge in [0.2, 0.25) is 0 Å². The van der Waals surface area contributed by atoms with E-state index in [1.54, 1.807) is 28.9 Å². The van der Waals surface area contributed by atoms with Gasteiger partial charge in [0.25, 0.3) is 5.91 Å². The van der Waals surface area contributed by atoms with Crippen LogP contribution in [0, 0.1) is 6.92 Å². The lowest BCUT2D eigenvalue weighted by atomic mass is 10.1. The van der Waals surface area contributed by atoms with Crippen LogP contribution in [0.4, 0.5) is 5.82 Å². The van der Waals surface area contributed by atoms with Crippen molar-refractivity contribution < 1.29 is 13.9 Å². The topological polar surface area (TPSA) is 86.4 Å². The van der Waals surface area contributed by atoms with E-state index < -0.39 is 5.63 Å². The lowest BCUT2D eigenvalue weighted by molar-refractivity contribution is 0.102. The monoisotopic (exact) mass is 369 g/mol. The largest absolute Gasteiger partial charge is 0.491 e. The highest BCUT2D eigenvalue weighted by Gasteiger charge is 2.16. The number of hydrogen-bond acceptors (Lipinski definition) is 5. The van der Waals surface area contributed by atoms with Crippen molar-refractivity contribution in [2.75, 3.05) is 5.32 Å². The Kier molecular flexibility index (Phi) is 5.30. The second kappa shape index (κ2) is 7.65. The van der Waals surface area contributed by atoms with Gasteiger partial charge < -0.3 is 14.5 Å². The average Bonchev–Trinajstić information content (AvgIpc) is 2.92. The fourth-order valence-electron chi connectivity index (χ4n) is 2.89. The molecule has 1 N–H and O–H groups in total. The van der Waals surface area contributed by atoms with Gasteiger partial charge in [-0.25, -0.2) is 9.48 Å². The molecule has 7 nitrogen and oxygen atoms in total. The molecule has 3 rings (SSSR count). The van der Waals surface area contributed by atoms with Crippen LogP contribution in [0.25, 0.3) is 11.0 Å². The number of benzene rings is 1. The third-order valence-electron chi connectivity index (χ3n) is 3.91. The quantitative estimate of drug-likeness (QED) is 0.669. The minimum Gasteiger partial charge on any atom is -0.491 e. The molecule has 0 unspecified atom stereocenters. The van der Waals surface area contributed by atoms with Crippen molar-refractivity contribution in [3.05, 3.63) is 52.0 Å². The van der Waals surface area contributed by atoms with Crippen molar-refractivity contribution in [3.63, 3.8) is 0 Å². The number of amides is 1. The van der Waals surface area contributed by atoms with Gasteiger partial charge in [0.05, 0.1) is 17.4 Å². The van der Waals surface area contributed by atoms with E-state index in [1.807, 2.05) is 27.7 Å². The van der Waals surface area contributed by atoms with Gasteiger partial charge in [-0.2, -0.15) is 5.10 Å². The highest BCUT2D eigenvalue weighted by Crippen LogP contribution is 2.24. The number of carbonyl (C=O) groups excluding carboxylic acids is 1. The van der Waals surface area contributed by atoms with E-state index >= 15 is 0 Å². The van der Waals surface area contributed by atoms with Crippen molar-refractivity contribution in [1.82, 2.24) is 9.78 Å². The molecule has 0 saturated heterocycles. The van der Waals surface area contributed by atoms with E-state index in [-0.39, 0.29) is 17.6 Å². The van der Waals surface area contributed by atoms with Crippen LogP contribution in [0.2, 0.25) is 0 Å². The summed E-state index contributed by atoms with van der Waals surface area (Å²) in [7, 11) is 0. The number of aryl methyl sites for hydroxylation is 2. The summed E-state index contributed by atoms with van der Waals surface area (Å²) in [6.07, 6.45) is 0.878. The summed E-state index contributed by atoms with van der Waals surface area (Å²) in [5.41, 5.74) is 0.780. The first-order valence-electron chi connectivity index (χ1n) is 8.97. The van der Waals surface area contributed by atoms with Gasteiger partial charge in [0, 0.05) is 30.1 Å². The van der Waals surface area contributed by atoms with Crippen LogP contribution in [0.3, 0.4) is 0 Å². The van der Waals surface area contributed by atoms with Gasteiger partial charge in [-0.15, -0.1) is 0 Å². The Hall–Kier alpha value is -3.09. The SMILES string of the molecule is CCCn1nc(C)cc1NC(=O)c1cc(=O)oc2cc(OC(C)C)ccc12. The van der Waals surface area contributed by atoms with Gasteiger partial charge in [0.15, 0.2) is 0 Å². The van der Waals surface area contributed by atoms with Crippen LogP contribution in [0.1, 0.15) is 43.2 Å². The second-order valence-corrected chi connectivity index (χ2v) is 6.65. The number of rotatable bonds is 6. The van der Waals surface area contributed by atoms with Crippen molar-refractivity contribution >= 4 is 22.7 Å². The van der Waals surface area contributed by atoms with Gasteiger partial charge in [-0.3, -0.25) is 4.79 Å². The number of ether oxygens (including phenoxy) is 1. The zero-order valence-electron chi connectivity index (χ0n) is 15.9. The Balaban J connectivity index is 1.98. The smallest absolute Gasteiger partial charge is 0.337 e. The Morgan fingerprint density at radius 2 is 2.07 bits per heavy atom. The number of nitrogens with zero attached hydrogens (tertiary/aromatic N) is 2. The molecule has 0 bridgehead atoms. The Morgan fingerprint density at radius 3 is 2.78 bits per heavy atom. The zero-order valence-corrected chi connectivity index (χ0v) is 15.9. The number of aromatic nitrogens is 2. The molecule has 0 spiro atoms. The maximum absolute atomic E-state index is 12.8. The third-order valence-corrected chi connectivity index (χ3v) is 3.91. The van der Waals surface area contributed by atoms with Crippen molar-refractivity contribution in [2.24, 2.45) is 0 Å². The Morgan fingerprint density at radius 1 is 1.30 bits per heavy atom. The molecule has 0 fully saturated rings. The fourth-order valence-corrected chi connectivity index (χ4v) is 2.89. The number of nitrogens with one attached hydrogen (secondary N) is 1. The highest BCUT2D eigenvalue weighted by atomic mass is 16.5. The first kappa shape index (κ1) is 18.7. The lowest BCUT2D eigenvalue weighted by Crippen LogP contribution is -2.18. The number of carbonyl (C=O) groups is 1. The summed E-state index contributed by atoms with van der Waals surface area (Å²) in [6.45, 7) is 8.41. The van der Waals surface area contributed by atoms with Crippen LogP contribution >= 0.6 is 0 Å². The van der Waals surface area contributed by atoms with Crippen LogP contribution in [0.5, 0.6) is 5.75 Å². The van der Waals surface area contributed by atoms with E-state index in [9.17, 15) is 9.59 Å². The maximum atomic E-state index is 12.8. The molecule has 27 heavy (non-hydrogen) atoms. The fraction of sp³-hybridized carbons (Fsp3) is 0.350. The molecule has 0 radical (unpaired) electrons. The summed E-state index contributed by atoms with van der Waals surface area (Å²) >= 11 is 0. The summed E-state index contributed by atoms with van der Waals surface area (Å²) in [5.74, 6) is 0.790. The first-order valence-corrected chi connectivity index (χ1v) is 8.97. The molecule has 0 aliphatic heterocycles. The van der Waals surface area contributed by atoms with Crippen molar-refractivity contribution in [2.45, 2.75) is 46.8 Å². The number of fused-ring (bicyclic) bond motifs is 1. The first-order chi connectivity index (χ1) is 12.9. The molecule has 0 saturated carbocycles. The van der Waals surface area contributed by atoms with Crippen LogP contribution in [0.15, 0.2) is 39.5 Å². The van der Waals surface area contributed by atoms with E-state index in [4.69, 9.17) is 9.15 Å². The second-order valence-electron chi connectivity index (χ2n) is 6.65. The van der Waals surface area contributed by atoms with E-state index in [1.165, 1.54) is 6.07 Å². The Bertz CT molecular complexity index is 1030. The predicted molar refractivity (Wildman–Crippen MR) is 103 cm³/mol. The summed E-state index contributed by atoms with van der Waals surface area (Å²) in [5, 5.41) is 7.76. The van der Waals surface area contributed by atoms with Crippen molar-refractivity contribution in [3.8, 4) is 5.75 Å². The molecule has 1 amide bonds. The van der Waals surface area contributed by atoms with E-state index in [0.717, 1.165) is 12.1 Å². The molecule has 142 valence electrons. The molecule has 0 aliphatic carbocycles. The summed E-state index contributed by atoms with van der Waals surface area (Å²) in [6, 6.07) is 8.10.